The first-order valence-corrected chi connectivity index (χ1v) is 7.91. The van der Waals surface area contributed by atoms with Crippen molar-refractivity contribution >= 4 is 11.8 Å². The fourth-order valence-electron chi connectivity index (χ4n) is 2.41. The monoisotopic (exact) mass is 422 g/mol. The van der Waals surface area contributed by atoms with Crippen molar-refractivity contribution in [3.63, 3.8) is 0 Å². The lowest BCUT2D eigenvalue weighted by Gasteiger charge is -2.18. The standard InChI is InChI=1S/C18H13F7N2O2/c19-13-3-1-9(2-4-13)5-14(15(26)28)27-16(29)10-6-11(17(20,21)22)8-12(7-10)18(23,24)25/h1-4,6-8,14H,5H2,(H2,26,28)(H,27,29)/t14-/m1/s1. The molecule has 2 aromatic carbocycles. The van der Waals surface area contributed by atoms with Crippen LogP contribution in [0.1, 0.15) is 27.0 Å². The van der Waals surface area contributed by atoms with Gasteiger partial charge in [0.2, 0.25) is 5.91 Å². The fourth-order valence-corrected chi connectivity index (χ4v) is 2.41. The van der Waals surface area contributed by atoms with Gasteiger partial charge in [-0.3, -0.25) is 9.59 Å². The number of primary amides is 1. The summed E-state index contributed by atoms with van der Waals surface area (Å²) in [6.07, 6.45) is -10.5. The molecule has 0 aliphatic rings. The average molecular weight is 422 g/mol. The van der Waals surface area contributed by atoms with Crippen molar-refractivity contribution in [1.29, 1.82) is 0 Å². The molecule has 2 amide bonds. The SMILES string of the molecule is NC(=O)[C@@H](Cc1ccc(F)cc1)NC(=O)c1cc(C(F)(F)F)cc(C(F)(F)F)c1. The second-order valence-corrected chi connectivity index (χ2v) is 6.05. The summed E-state index contributed by atoms with van der Waals surface area (Å²) in [6, 6.07) is 3.60. The van der Waals surface area contributed by atoms with E-state index in [9.17, 15) is 40.3 Å². The smallest absolute Gasteiger partial charge is 0.368 e. The summed E-state index contributed by atoms with van der Waals surface area (Å²) in [7, 11) is 0. The number of alkyl halides is 6. The molecule has 2 rings (SSSR count). The van der Waals surface area contributed by atoms with Gasteiger partial charge in [-0.25, -0.2) is 4.39 Å². The Kier molecular flexibility index (Phi) is 6.19. The molecule has 0 fully saturated rings. The molecule has 0 saturated carbocycles. The van der Waals surface area contributed by atoms with Crippen LogP contribution >= 0.6 is 0 Å². The molecule has 0 spiro atoms. The summed E-state index contributed by atoms with van der Waals surface area (Å²) in [5.74, 6) is -3.00. The first kappa shape index (κ1) is 22.2. The number of nitrogens with one attached hydrogen (secondary N) is 1. The molecule has 0 radical (unpaired) electrons. The summed E-state index contributed by atoms with van der Waals surface area (Å²) >= 11 is 0. The van der Waals surface area contributed by atoms with Crippen LogP contribution in [0.15, 0.2) is 42.5 Å². The Morgan fingerprint density at radius 3 is 1.79 bits per heavy atom. The molecule has 0 aliphatic heterocycles. The van der Waals surface area contributed by atoms with Gasteiger partial charge >= 0.3 is 12.4 Å². The Bertz CT molecular complexity index is 874. The van der Waals surface area contributed by atoms with Gasteiger partial charge in [-0.15, -0.1) is 0 Å². The van der Waals surface area contributed by atoms with E-state index >= 15 is 0 Å². The lowest BCUT2D eigenvalue weighted by atomic mass is 10.0. The van der Waals surface area contributed by atoms with Crippen molar-refractivity contribution in [3.8, 4) is 0 Å². The molecule has 0 unspecified atom stereocenters. The predicted octanol–water partition coefficient (Wildman–Crippen LogP) is 3.69. The fraction of sp³-hybridized carbons (Fsp3) is 0.222. The van der Waals surface area contributed by atoms with Gasteiger partial charge in [0.1, 0.15) is 11.9 Å². The van der Waals surface area contributed by atoms with Crippen molar-refractivity contribution in [3.05, 3.63) is 70.5 Å². The number of amides is 2. The van der Waals surface area contributed by atoms with E-state index in [1.807, 2.05) is 5.32 Å². The van der Waals surface area contributed by atoms with E-state index in [2.05, 4.69) is 0 Å². The van der Waals surface area contributed by atoms with E-state index in [1.165, 1.54) is 12.1 Å². The molecule has 3 N–H and O–H groups in total. The Labute approximate surface area is 159 Å². The lowest BCUT2D eigenvalue weighted by Crippen LogP contribution is -2.46. The number of halogens is 7. The quantitative estimate of drug-likeness (QED) is 0.722. The van der Waals surface area contributed by atoms with Crippen LogP contribution in [0, 0.1) is 5.82 Å². The van der Waals surface area contributed by atoms with Crippen molar-refractivity contribution in [1.82, 2.24) is 5.32 Å². The minimum Gasteiger partial charge on any atom is -0.368 e. The number of benzene rings is 2. The normalized spacial score (nSPS) is 13.1. The number of hydrogen-bond acceptors (Lipinski definition) is 2. The van der Waals surface area contributed by atoms with Crippen molar-refractivity contribution in [2.24, 2.45) is 5.73 Å². The largest absolute Gasteiger partial charge is 0.416 e. The zero-order valence-electron chi connectivity index (χ0n) is 14.4. The summed E-state index contributed by atoms with van der Waals surface area (Å²) in [5, 5.41) is 2.01. The maximum Gasteiger partial charge on any atom is 0.416 e. The topological polar surface area (TPSA) is 72.2 Å². The van der Waals surface area contributed by atoms with Gasteiger partial charge in [-0.05, 0) is 35.9 Å². The molecule has 2 aromatic rings. The zero-order chi connectivity index (χ0) is 22.0. The molecule has 0 saturated heterocycles. The number of hydrogen-bond donors (Lipinski definition) is 2. The van der Waals surface area contributed by atoms with Crippen LogP contribution in [0.5, 0.6) is 0 Å². The third-order valence-electron chi connectivity index (χ3n) is 3.85. The van der Waals surface area contributed by atoms with E-state index in [1.54, 1.807) is 0 Å². The third-order valence-corrected chi connectivity index (χ3v) is 3.85. The van der Waals surface area contributed by atoms with E-state index in [0.29, 0.717) is 5.56 Å². The van der Waals surface area contributed by atoms with E-state index in [4.69, 9.17) is 5.73 Å². The van der Waals surface area contributed by atoms with Gasteiger partial charge in [-0.2, -0.15) is 26.3 Å². The maximum atomic E-state index is 12.9. The van der Waals surface area contributed by atoms with Gasteiger partial charge in [0.05, 0.1) is 11.1 Å². The summed E-state index contributed by atoms with van der Waals surface area (Å²) < 4.78 is 90.4. The molecular weight excluding hydrogens is 409 g/mol. The van der Waals surface area contributed by atoms with Crippen LogP contribution < -0.4 is 11.1 Å². The average Bonchev–Trinajstić information content (AvgIpc) is 2.61. The highest BCUT2D eigenvalue weighted by Gasteiger charge is 2.37. The molecular formula is C18H13F7N2O2. The van der Waals surface area contributed by atoms with Gasteiger partial charge in [0, 0.05) is 12.0 Å². The minimum atomic E-state index is -5.13. The molecule has 11 heteroatoms. The summed E-state index contributed by atoms with van der Waals surface area (Å²) in [5.41, 5.74) is 1.21. The summed E-state index contributed by atoms with van der Waals surface area (Å²) in [4.78, 5) is 23.8. The molecule has 29 heavy (non-hydrogen) atoms. The maximum absolute atomic E-state index is 12.9. The van der Waals surface area contributed by atoms with Gasteiger partial charge < -0.3 is 11.1 Å². The Hall–Kier alpha value is -3.11. The molecule has 0 aromatic heterocycles. The van der Waals surface area contributed by atoms with Crippen LogP contribution in [0.3, 0.4) is 0 Å². The van der Waals surface area contributed by atoms with Gasteiger partial charge in [0.25, 0.3) is 5.91 Å². The van der Waals surface area contributed by atoms with Crippen LogP contribution in [-0.2, 0) is 23.6 Å². The van der Waals surface area contributed by atoms with Crippen LogP contribution in [0.4, 0.5) is 30.7 Å². The first-order chi connectivity index (χ1) is 13.3. The second-order valence-electron chi connectivity index (χ2n) is 6.05. The number of rotatable bonds is 5. The van der Waals surface area contributed by atoms with Crippen molar-refractivity contribution < 1.29 is 40.3 Å². The lowest BCUT2D eigenvalue weighted by molar-refractivity contribution is -0.143. The van der Waals surface area contributed by atoms with Crippen LogP contribution in [-0.4, -0.2) is 17.9 Å². The highest BCUT2D eigenvalue weighted by atomic mass is 19.4. The Morgan fingerprint density at radius 1 is 0.897 bits per heavy atom. The Morgan fingerprint density at radius 2 is 1.38 bits per heavy atom. The molecule has 4 nitrogen and oxygen atoms in total. The van der Waals surface area contributed by atoms with Crippen molar-refractivity contribution in [2.45, 2.75) is 24.8 Å². The molecule has 0 bridgehead atoms. The Balaban J connectivity index is 2.33. The second kappa shape index (κ2) is 8.10. The summed E-state index contributed by atoms with van der Waals surface area (Å²) in [6.45, 7) is 0. The van der Waals surface area contributed by atoms with Gasteiger partial charge in [0.15, 0.2) is 0 Å². The van der Waals surface area contributed by atoms with E-state index < -0.39 is 52.7 Å². The van der Waals surface area contributed by atoms with Gasteiger partial charge in [-0.1, -0.05) is 12.1 Å². The highest BCUT2D eigenvalue weighted by Crippen LogP contribution is 2.36. The number of carbonyl (C=O) groups excluding carboxylic acids is 2. The molecule has 156 valence electrons. The van der Waals surface area contributed by atoms with E-state index in [-0.39, 0.29) is 24.6 Å². The first-order valence-electron chi connectivity index (χ1n) is 7.91. The third kappa shape index (κ3) is 5.93. The number of nitrogens with two attached hydrogens (primary N) is 1. The number of carbonyl (C=O) groups is 2. The van der Waals surface area contributed by atoms with E-state index in [0.717, 1.165) is 12.1 Å². The zero-order valence-corrected chi connectivity index (χ0v) is 14.4. The highest BCUT2D eigenvalue weighted by molar-refractivity contribution is 5.97. The predicted molar refractivity (Wildman–Crippen MR) is 87.0 cm³/mol. The van der Waals surface area contributed by atoms with Crippen LogP contribution in [0.2, 0.25) is 0 Å². The van der Waals surface area contributed by atoms with Crippen LogP contribution in [0.25, 0.3) is 0 Å². The molecule has 0 aliphatic carbocycles. The minimum absolute atomic E-state index is 0.124. The van der Waals surface area contributed by atoms with Crippen molar-refractivity contribution in [2.75, 3.05) is 0 Å². The molecule has 0 heterocycles. The molecule has 1 atom stereocenters.